The van der Waals surface area contributed by atoms with Crippen LogP contribution in [0.25, 0.3) is 5.69 Å². The normalized spacial score (nSPS) is 10.6. The summed E-state index contributed by atoms with van der Waals surface area (Å²) in [5.41, 5.74) is 7.01. The fourth-order valence-electron chi connectivity index (χ4n) is 1.91. The van der Waals surface area contributed by atoms with E-state index in [9.17, 15) is 4.39 Å². The molecule has 2 N–H and O–H groups in total. The van der Waals surface area contributed by atoms with E-state index in [4.69, 9.17) is 10.5 Å². The number of rotatable bonds is 4. The maximum Gasteiger partial charge on any atom is 0.341 e. The Morgan fingerprint density at radius 1 is 1.14 bits per heavy atom. The number of halogens is 1. The number of hydrogen-bond donors (Lipinski definition) is 1. The van der Waals surface area contributed by atoms with Crippen molar-refractivity contribution in [1.29, 1.82) is 0 Å². The monoisotopic (exact) mass is 284 g/mol. The molecule has 0 bridgehead atoms. The average molecular weight is 284 g/mol. The molecule has 0 amide bonds. The van der Waals surface area contributed by atoms with Crippen molar-refractivity contribution < 1.29 is 9.13 Å². The second-order valence-electron chi connectivity index (χ2n) is 4.37. The second kappa shape index (κ2) is 5.72. The van der Waals surface area contributed by atoms with Gasteiger partial charge in [0, 0.05) is 12.1 Å². The topological polar surface area (TPSA) is 66.0 Å². The summed E-state index contributed by atoms with van der Waals surface area (Å²) >= 11 is 0. The molecule has 5 nitrogen and oxygen atoms in total. The summed E-state index contributed by atoms with van der Waals surface area (Å²) < 4.78 is 20.3. The van der Waals surface area contributed by atoms with Gasteiger partial charge < -0.3 is 10.5 Å². The zero-order chi connectivity index (χ0) is 14.7. The molecule has 0 saturated heterocycles. The number of benzene rings is 2. The lowest BCUT2D eigenvalue weighted by Crippen LogP contribution is -2.01. The third-order valence-corrected chi connectivity index (χ3v) is 2.94. The molecule has 0 unspecified atom stereocenters. The molecule has 21 heavy (non-hydrogen) atoms. The van der Waals surface area contributed by atoms with Gasteiger partial charge in [-0.05, 0) is 30.3 Å². The van der Waals surface area contributed by atoms with Gasteiger partial charge in [-0.25, -0.2) is 9.07 Å². The molecule has 0 aliphatic rings. The Morgan fingerprint density at radius 3 is 2.71 bits per heavy atom. The van der Waals surface area contributed by atoms with Gasteiger partial charge in [-0.15, -0.1) is 5.10 Å². The standard InChI is InChI=1S/C15H13FN4O/c16-12-6-7-14(11(8-12)9-17)21-15-18-10-20(19-15)13-4-2-1-3-5-13/h1-8,10H,9,17H2. The van der Waals surface area contributed by atoms with Crippen LogP contribution in [0, 0.1) is 5.82 Å². The van der Waals surface area contributed by atoms with E-state index in [0.29, 0.717) is 11.3 Å². The van der Waals surface area contributed by atoms with E-state index in [0.717, 1.165) is 5.69 Å². The molecule has 2 aromatic carbocycles. The van der Waals surface area contributed by atoms with Crippen LogP contribution in [-0.2, 0) is 6.54 Å². The third kappa shape index (κ3) is 2.90. The molecule has 0 atom stereocenters. The Kier molecular flexibility index (Phi) is 3.61. The molecular formula is C15H13FN4O. The number of ether oxygens (including phenoxy) is 1. The van der Waals surface area contributed by atoms with Gasteiger partial charge in [0.2, 0.25) is 0 Å². The minimum Gasteiger partial charge on any atom is -0.423 e. The van der Waals surface area contributed by atoms with Gasteiger partial charge in [0.25, 0.3) is 0 Å². The van der Waals surface area contributed by atoms with Crippen molar-refractivity contribution in [3.8, 4) is 17.4 Å². The maximum absolute atomic E-state index is 13.2. The SMILES string of the molecule is NCc1cc(F)ccc1Oc1ncn(-c2ccccc2)n1. The predicted molar refractivity (Wildman–Crippen MR) is 75.7 cm³/mol. The zero-order valence-electron chi connectivity index (χ0n) is 11.1. The summed E-state index contributed by atoms with van der Waals surface area (Å²) in [6.07, 6.45) is 1.55. The second-order valence-corrected chi connectivity index (χ2v) is 4.37. The Morgan fingerprint density at radius 2 is 1.95 bits per heavy atom. The number of nitrogens with two attached hydrogens (primary N) is 1. The van der Waals surface area contributed by atoms with Crippen molar-refractivity contribution in [2.45, 2.75) is 6.54 Å². The van der Waals surface area contributed by atoms with E-state index in [2.05, 4.69) is 10.1 Å². The highest BCUT2D eigenvalue weighted by atomic mass is 19.1. The molecule has 1 heterocycles. The van der Waals surface area contributed by atoms with E-state index in [1.54, 1.807) is 11.0 Å². The Labute approximate surface area is 120 Å². The van der Waals surface area contributed by atoms with Crippen molar-refractivity contribution in [3.63, 3.8) is 0 Å². The summed E-state index contributed by atoms with van der Waals surface area (Å²) in [6, 6.07) is 13.9. The number of aromatic nitrogens is 3. The molecule has 1 aromatic heterocycles. The van der Waals surface area contributed by atoms with Crippen LogP contribution in [0.2, 0.25) is 0 Å². The van der Waals surface area contributed by atoms with E-state index < -0.39 is 0 Å². The van der Waals surface area contributed by atoms with Crippen LogP contribution in [0.5, 0.6) is 11.8 Å². The van der Waals surface area contributed by atoms with E-state index in [1.165, 1.54) is 18.2 Å². The molecule has 0 aliphatic carbocycles. The summed E-state index contributed by atoms with van der Waals surface area (Å²) in [6.45, 7) is 0.173. The van der Waals surface area contributed by atoms with Gasteiger partial charge in [0.05, 0.1) is 5.69 Å². The van der Waals surface area contributed by atoms with Crippen molar-refractivity contribution in [3.05, 3.63) is 66.2 Å². The number of para-hydroxylation sites is 1. The Hall–Kier alpha value is -2.73. The van der Waals surface area contributed by atoms with Crippen molar-refractivity contribution in [1.82, 2.24) is 14.8 Å². The van der Waals surface area contributed by atoms with Gasteiger partial charge in [0.15, 0.2) is 0 Å². The van der Waals surface area contributed by atoms with E-state index >= 15 is 0 Å². The number of nitrogens with zero attached hydrogens (tertiary/aromatic N) is 3. The smallest absolute Gasteiger partial charge is 0.341 e. The van der Waals surface area contributed by atoms with Gasteiger partial charge in [-0.3, -0.25) is 0 Å². The molecule has 6 heteroatoms. The molecule has 106 valence electrons. The van der Waals surface area contributed by atoms with E-state index in [1.807, 2.05) is 30.3 Å². The minimum atomic E-state index is -0.356. The van der Waals surface area contributed by atoms with Crippen LogP contribution >= 0.6 is 0 Å². The van der Waals surface area contributed by atoms with E-state index in [-0.39, 0.29) is 18.4 Å². The van der Waals surface area contributed by atoms with Gasteiger partial charge >= 0.3 is 6.01 Å². The van der Waals surface area contributed by atoms with Crippen LogP contribution in [0.3, 0.4) is 0 Å². The molecular weight excluding hydrogens is 271 g/mol. The van der Waals surface area contributed by atoms with Gasteiger partial charge in [-0.2, -0.15) is 4.98 Å². The van der Waals surface area contributed by atoms with Gasteiger partial charge in [-0.1, -0.05) is 18.2 Å². The lowest BCUT2D eigenvalue weighted by molar-refractivity contribution is 0.435. The van der Waals surface area contributed by atoms with Crippen molar-refractivity contribution in [2.24, 2.45) is 5.73 Å². The molecule has 0 aliphatic heterocycles. The predicted octanol–water partition coefficient (Wildman–Crippen LogP) is 2.66. The van der Waals surface area contributed by atoms with Crippen LogP contribution in [-0.4, -0.2) is 14.8 Å². The van der Waals surface area contributed by atoms with Crippen LogP contribution in [0.15, 0.2) is 54.9 Å². The van der Waals surface area contributed by atoms with Crippen molar-refractivity contribution >= 4 is 0 Å². The zero-order valence-corrected chi connectivity index (χ0v) is 11.1. The lowest BCUT2D eigenvalue weighted by atomic mass is 10.2. The van der Waals surface area contributed by atoms with Crippen LogP contribution in [0.1, 0.15) is 5.56 Å². The van der Waals surface area contributed by atoms with Crippen LogP contribution in [0.4, 0.5) is 4.39 Å². The molecule has 0 radical (unpaired) electrons. The third-order valence-electron chi connectivity index (χ3n) is 2.94. The highest BCUT2D eigenvalue weighted by Crippen LogP contribution is 2.23. The summed E-state index contributed by atoms with van der Waals surface area (Å²) in [7, 11) is 0. The maximum atomic E-state index is 13.2. The highest BCUT2D eigenvalue weighted by Gasteiger charge is 2.09. The fraction of sp³-hybridized carbons (Fsp3) is 0.0667. The molecule has 0 fully saturated rings. The summed E-state index contributed by atoms with van der Waals surface area (Å²) in [4.78, 5) is 4.08. The Balaban J connectivity index is 1.85. The largest absolute Gasteiger partial charge is 0.423 e. The lowest BCUT2D eigenvalue weighted by Gasteiger charge is -2.06. The summed E-state index contributed by atoms with van der Waals surface area (Å²) in [5.74, 6) is 0.0929. The molecule has 0 spiro atoms. The fourth-order valence-corrected chi connectivity index (χ4v) is 1.91. The average Bonchev–Trinajstić information content (AvgIpc) is 2.98. The first-order chi connectivity index (χ1) is 10.3. The first kappa shape index (κ1) is 13.3. The number of hydrogen-bond acceptors (Lipinski definition) is 4. The quantitative estimate of drug-likeness (QED) is 0.800. The highest BCUT2D eigenvalue weighted by molar-refractivity contribution is 5.36. The Bertz CT molecular complexity index is 742. The molecule has 0 saturated carbocycles. The molecule has 3 rings (SSSR count). The van der Waals surface area contributed by atoms with Crippen LogP contribution < -0.4 is 10.5 Å². The summed E-state index contributed by atoms with van der Waals surface area (Å²) in [5, 5.41) is 4.22. The minimum absolute atomic E-state index is 0.173. The first-order valence-electron chi connectivity index (χ1n) is 6.39. The first-order valence-corrected chi connectivity index (χ1v) is 6.39. The van der Waals surface area contributed by atoms with Gasteiger partial charge in [0.1, 0.15) is 17.9 Å². The van der Waals surface area contributed by atoms with Crippen molar-refractivity contribution in [2.75, 3.05) is 0 Å². The molecule has 3 aromatic rings.